The molecule has 1 amide bonds. The molecule has 0 radical (unpaired) electrons. The predicted octanol–water partition coefficient (Wildman–Crippen LogP) is 4.52. The molecule has 1 aromatic carbocycles. The lowest BCUT2D eigenvalue weighted by atomic mass is 10.2. The number of carbonyl (C=O) groups is 1. The number of halogens is 2. The van der Waals surface area contributed by atoms with Gasteiger partial charge in [-0.1, -0.05) is 29.3 Å². The van der Waals surface area contributed by atoms with Crippen LogP contribution in [0.4, 0.5) is 0 Å². The van der Waals surface area contributed by atoms with Crippen LogP contribution in [-0.4, -0.2) is 22.3 Å². The Morgan fingerprint density at radius 2 is 2.12 bits per heavy atom. The first kappa shape index (κ1) is 16.7. The van der Waals surface area contributed by atoms with Crippen LogP contribution in [0.3, 0.4) is 0 Å². The zero-order valence-corrected chi connectivity index (χ0v) is 14.8. The van der Waals surface area contributed by atoms with Gasteiger partial charge in [0.25, 0.3) is 5.91 Å². The fraction of sp³-hybridized carbons (Fsp3) is 0.0625. The van der Waals surface area contributed by atoms with Gasteiger partial charge in [0.05, 0.1) is 21.8 Å². The van der Waals surface area contributed by atoms with Crippen LogP contribution in [-0.2, 0) is 0 Å². The molecule has 2 aromatic heterocycles. The summed E-state index contributed by atoms with van der Waals surface area (Å²) in [5.41, 5.74) is 4.12. The molecule has 0 saturated carbocycles. The number of amides is 1. The summed E-state index contributed by atoms with van der Waals surface area (Å²) in [6, 6.07) is 10.7. The Bertz CT molecular complexity index is 916. The number of aryl methyl sites for hydroxylation is 1. The van der Waals surface area contributed by atoms with Crippen molar-refractivity contribution in [3.05, 3.63) is 62.6 Å². The number of carbonyl (C=O) groups excluding carboxylic acids is 1. The lowest BCUT2D eigenvalue weighted by molar-refractivity contribution is 0.0950. The van der Waals surface area contributed by atoms with Gasteiger partial charge in [-0.2, -0.15) is 10.2 Å². The fourth-order valence-electron chi connectivity index (χ4n) is 1.97. The van der Waals surface area contributed by atoms with Crippen molar-refractivity contribution in [2.45, 2.75) is 6.92 Å². The fourth-order valence-corrected chi connectivity index (χ4v) is 3.26. The summed E-state index contributed by atoms with van der Waals surface area (Å²) in [4.78, 5) is 14.3. The molecule has 5 nitrogen and oxygen atoms in total. The standard InChI is InChI=1S/C16H12Cl2N4OS/c1-9-2-5-15(24-9)13-7-14(21-20-13)16(23)22-19-8-10-3-4-11(17)6-12(10)18/h2-8H,1H3,(H,20,21)(H,22,23)/b19-8-. The van der Waals surface area contributed by atoms with Gasteiger partial charge in [0.2, 0.25) is 0 Å². The molecule has 0 atom stereocenters. The highest BCUT2D eigenvalue weighted by Crippen LogP contribution is 2.26. The topological polar surface area (TPSA) is 70.1 Å². The molecule has 0 fully saturated rings. The summed E-state index contributed by atoms with van der Waals surface area (Å²) in [6.45, 7) is 2.02. The van der Waals surface area contributed by atoms with E-state index in [1.54, 1.807) is 35.6 Å². The number of H-pyrrole nitrogens is 1. The maximum Gasteiger partial charge on any atom is 0.291 e. The van der Waals surface area contributed by atoms with Crippen LogP contribution in [0.15, 0.2) is 41.5 Å². The van der Waals surface area contributed by atoms with E-state index in [-0.39, 0.29) is 5.69 Å². The Morgan fingerprint density at radius 1 is 1.29 bits per heavy atom. The van der Waals surface area contributed by atoms with Crippen molar-refractivity contribution in [1.82, 2.24) is 15.6 Å². The maximum atomic E-state index is 12.1. The molecule has 2 heterocycles. The summed E-state index contributed by atoms with van der Waals surface area (Å²) < 4.78 is 0. The molecule has 0 bridgehead atoms. The SMILES string of the molecule is Cc1ccc(-c2cc(C(=O)N/N=C\c3ccc(Cl)cc3Cl)n[nH]2)s1. The number of nitrogens with zero attached hydrogens (tertiary/aromatic N) is 2. The maximum absolute atomic E-state index is 12.1. The summed E-state index contributed by atoms with van der Waals surface area (Å²) >= 11 is 13.5. The molecular formula is C16H12Cl2N4OS. The van der Waals surface area contributed by atoms with Crippen molar-refractivity contribution in [3.63, 3.8) is 0 Å². The quantitative estimate of drug-likeness (QED) is 0.517. The highest BCUT2D eigenvalue weighted by Gasteiger charge is 2.11. The summed E-state index contributed by atoms with van der Waals surface area (Å²) in [5, 5.41) is 11.7. The van der Waals surface area contributed by atoms with Crippen LogP contribution in [0.2, 0.25) is 10.0 Å². The number of benzene rings is 1. The van der Waals surface area contributed by atoms with Gasteiger partial charge in [0.1, 0.15) is 0 Å². The second-order valence-electron chi connectivity index (χ2n) is 4.94. The van der Waals surface area contributed by atoms with E-state index in [9.17, 15) is 4.79 Å². The van der Waals surface area contributed by atoms with Gasteiger partial charge in [0, 0.05) is 15.5 Å². The number of hydrazone groups is 1. The highest BCUT2D eigenvalue weighted by molar-refractivity contribution is 7.15. The molecule has 8 heteroatoms. The third kappa shape index (κ3) is 3.84. The molecule has 0 aliphatic carbocycles. The lowest BCUT2D eigenvalue weighted by Gasteiger charge is -1.98. The first-order chi connectivity index (χ1) is 11.5. The number of thiophene rings is 1. The van der Waals surface area contributed by atoms with Gasteiger partial charge in [-0.25, -0.2) is 5.43 Å². The lowest BCUT2D eigenvalue weighted by Crippen LogP contribution is -2.18. The first-order valence-corrected chi connectivity index (χ1v) is 8.51. The van der Waals surface area contributed by atoms with E-state index >= 15 is 0 Å². The Balaban J connectivity index is 1.67. The molecule has 122 valence electrons. The van der Waals surface area contributed by atoms with E-state index < -0.39 is 5.91 Å². The van der Waals surface area contributed by atoms with Gasteiger partial charge < -0.3 is 0 Å². The average Bonchev–Trinajstić information content (AvgIpc) is 3.18. The second kappa shape index (κ2) is 7.17. The number of hydrogen-bond donors (Lipinski definition) is 2. The van der Waals surface area contributed by atoms with Gasteiger partial charge in [-0.3, -0.25) is 9.89 Å². The molecular weight excluding hydrogens is 367 g/mol. The van der Waals surface area contributed by atoms with E-state index in [1.165, 1.54) is 11.1 Å². The number of rotatable bonds is 4. The number of nitrogens with one attached hydrogen (secondary N) is 2. The minimum absolute atomic E-state index is 0.260. The third-order valence-corrected chi connectivity index (χ3v) is 4.74. The number of hydrogen-bond acceptors (Lipinski definition) is 4. The summed E-state index contributed by atoms with van der Waals surface area (Å²) in [7, 11) is 0. The van der Waals surface area contributed by atoms with Crippen LogP contribution in [0.1, 0.15) is 20.9 Å². The molecule has 0 spiro atoms. The largest absolute Gasteiger partial charge is 0.291 e. The molecule has 0 aliphatic rings. The number of aromatic nitrogens is 2. The van der Waals surface area contributed by atoms with Gasteiger partial charge in [0.15, 0.2) is 5.69 Å². The van der Waals surface area contributed by atoms with Gasteiger partial charge in [-0.15, -0.1) is 11.3 Å². The van der Waals surface area contributed by atoms with Crippen molar-refractivity contribution in [2.24, 2.45) is 5.10 Å². The predicted molar refractivity (Wildman–Crippen MR) is 98.2 cm³/mol. The van der Waals surface area contributed by atoms with Crippen LogP contribution >= 0.6 is 34.5 Å². The zero-order valence-electron chi connectivity index (χ0n) is 12.5. The Kier molecular flexibility index (Phi) is 4.99. The molecule has 3 aromatic rings. The van der Waals surface area contributed by atoms with E-state index in [1.807, 2.05) is 19.1 Å². The Hall–Kier alpha value is -2.15. The van der Waals surface area contributed by atoms with E-state index in [4.69, 9.17) is 23.2 Å². The smallest absolute Gasteiger partial charge is 0.276 e. The Labute approximate surface area is 152 Å². The second-order valence-corrected chi connectivity index (χ2v) is 7.07. The van der Waals surface area contributed by atoms with Crippen molar-refractivity contribution in [2.75, 3.05) is 0 Å². The van der Waals surface area contributed by atoms with Crippen molar-refractivity contribution < 1.29 is 4.79 Å². The summed E-state index contributed by atoms with van der Waals surface area (Å²) in [6.07, 6.45) is 1.45. The van der Waals surface area contributed by atoms with Crippen LogP contribution in [0, 0.1) is 6.92 Å². The Morgan fingerprint density at radius 3 is 2.83 bits per heavy atom. The van der Waals surface area contributed by atoms with Crippen molar-refractivity contribution in [1.29, 1.82) is 0 Å². The van der Waals surface area contributed by atoms with Crippen molar-refractivity contribution in [3.8, 4) is 10.6 Å². The van der Waals surface area contributed by atoms with Gasteiger partial charge in [-0.05, 0) is 37.3 Å². The molecule has 0 saturated heterocycles. The molecule has 3 rings (SSSR count). The van der Waals surface area contributed by atoms with E-state index in [0.29, 0.717) is 15.6 Å². The van der Waals surface area contributed by atoms with Gasteiger partial charge >= 0.3 is 0 Å². The highest BCUT2D eigenvalue weighted by atomic mass is 35.5. The third-order valence-electron chi connectivity index (χ3n) is 3.15. The molecule has 24 heavy (non-hydrogen) atoms. The van der Waals surface area contributed by atoms with E-state index in [2.05, 4.69) is 20.7 Å². The monoisotopic (exact) mass is 378 g/mol. The molecule has 2 N–H and O–H groups in total. The molecule has 0 unspecified atom stereocenters. The van der Waals surface area contributed by atoms with E-state index in [0.717, 1.165) is 10.6 Å². The zero-order chi connectivity index (χ0) is 17.1. The minimum atomic E-state index is -0.410. The number of aromatic amines is 1. The molecule has 0 aliphatic heterocycles. The van der Waals surface area contributed by atoms with Crippen LogP contribution < -0.4 is 5.43 Å². The normalized spacial score (nSPS) is 11.1. The average molecular weight is 379 g/mol. The summed E-state index contributed by atoms with van der Waals surface area (Å²) in [5.74, 6) is -0.410. The van der Waals surface area contributed by atoms with Crippen LogP contribution in [0.5, 0.6) is 0 Å². The first-order valence-electron chi connectivity index (χ1n) is 6.93. The van der Waals surface area contributed by atoms with Crippen LogP contribution in [0.25, 0.3) is 10.6 Å². The minimum Gasteiger partial charge on any atom is -0.276 e. The van der Waals surface area contributed by atoms with Crippen molar-refractivity contribution >= 4 is 46.7 Å².